The number of para-hydroxylation sites is 1. The van der Waals surface area contributed by atoms with Crippen LogP contribution in [0.5, 0.6) is 0 Å². The first-order valence-electron chi connectivity index (χ1n) is 5.62. The molecular weight excluding hydrogens is 230 g/mol. The average molecular weight is 243 g/mol. The number of hydrogen-bond acceptors (Lipinski definition) is 4. The third-order valence-corrected chi connectivity index (χ3v) is 2.54. The van der Waals surface area contributed by atoms with Crippen LogP contribution in [-0.4, -0.2) is 21.3 Å². The first kappa shape index (κ1) is 12.0. The fourth-order valence-electron chi connectivity index (χ4n) is 1.60. The molecule has 0 aliphatic heterocycles. The maximum absolute atomic E-state index is 10.6. The summed E-state index contributed by atoms with van der Waals surface area (Å²) in [6.45, 7) is 2.07. The zero-order valence-corrected chi connectivity index (χ0v) is 9.92. The molecule has 5 heteroatoms. The number of nitrogens with zero attached hydrogens (tertiary/aromatic N) is 2. The maximum Gasteiger partial charge on any atom is 0.356 e. The largest absolute Gasteiger partial charge is 0.476 e. The van der Waals surface area contributed by atoms with E-state index < -0.39 is 5.97 Å². The van der Waals surface area contributed by atoms with Gasteiger partial charge in [-0.15, -0.1) is 10.2 Å². The molecule has 5 nitrogen and oxygen atoms in total. The summed E-state index contributed by atoms with van der Waals surface area (Å²) in [6.07, 6.45) is 0.907. The standard InChI is InChI=1S/C13H13N3O2/c1-2-9-5-3-4-6-10(9)14-12-8-7-11(13(17)18)15-16-12/h3-8H,2H2,1H3,(H,14,16)(H,17,18). The fourth-order valence-corrected chi connectivity index (χ4v) is 1.60. The SMILES string of the molecule is CCc1ccccc1Nc1ccc(C(=O)O)nn1. The molecular formula is C13H13N3O2. The summed E-state index contributed by atoms with van der Waals surface area (Å²) in [6, 6.07) is 10.9. The van der Waals surface area contributed by atoms with Gasteiger partial charge in [0.05, 0.1) is 0 Å². The van der Waals surface area contributed by atoms with Gasteiger partial charge in [-0.2, -0.15) is 0 Å². The van der Waals surface area contributed by atoms with Crippen LogP contribution in [0.3, 0.4) is 0 Å². The van der Waals surface area contributed by atoms with Gasteiger partial charge >= 0.3 is 5.97 Å². The highest BCUT2D eigenvalue weighted by atomic mass is 16.4. The van der Waals surface area contributed by atoms with Gasteiger partial charge in [0.15, 0.2) is 11.5 Å². The molecule has 0 aliphatic rings. The molecule has 0 atom stereocenters. The summed E-state index contributed by atoms with van der Waals surface area (Å²) in [7, 11) is 0. The Morgan fingerprint density at radius 3 is 2.61 bits per heavy atom. The molecule has 0 amide bonds. The number of rotatable bonds is 4. The zero-order chi connectivity index (χ0) is 13.0. The Morgan fingerprint density at radius 1 is 1.22 bits per heavy atom. The monoisotopic (exact) mass is 243 g/mol. The number of carboxylic acids is 1. The van der Waals surface area contributed by atoms with Crippen LogP contribution in [0, 0.1) is 0 Å². The molecule has 0 aliphatic carbocycles. The molecule has 0 bridgehead atoms. The third kappa shape index (κ3) is 2.63. The van der Waals surface area contributed by atoms with E-state index in [4.69, 9.17) is 5.11 Å². The molecule has 2 N–H and O–H groups in total. The van der Waals surface area contributed by atoms with Gasteiger partial charge in [-0.05, 0) is 30.2 Å². The van der Waals surface area contributed by atoms with Gasteiger partial charge in [0.2, 0.25) is 0 Å². The van der Waals surface area contributed by atoms with Gasteiger partial charge in [-0.1, -0.05) is 25.1 Å². The van der Waals surface area contributed by atoms with Gasteiger partial charge in [0, 0.05) is 5.69 Å². The van der Waals surface area contributed by atoms with E-state index in [-0.39, 0.29) is 5.69 Å². The zero-order valence-electron chi connectivity index (χ0n) is 9.92. The summed E-state index contributed by atoms with van der Waals surface area (Å²) >= 11 is 0. The average Bonchev–Trinajstić information content (AvgIpc) is 2.40. The summed E-state index contributed by atoms with van der Waals surface area (Å²) in [5.74, 6) is -0.552. The van der Waals surface area contributed by atoms with Crippen LogP contribution in [-0.2, 0) is 6.42 Å². The smallest absolute Gasteiger partial charge is 0.356 e. The van der Waals surface area contributed by atoms with Crippen molar-refractivity contribution in [3.8, 4) is 0 Å². The Hall–Kier alpha value is -2.43. The highest BCUT2D eigenvalue weighted by Gasteiger charge is 2.06. The fraction of sp³-hybridized carbons (Fsp3) is 0.154. The van der Waals surface area contributed by atoms with Crippen molar-refractivity contribution in [3.05, 3.63) is 47.7 Å². The molecule has 18 heavy (non-hydrogen) atoms. The van der Waals surface area contributed by atoms with Crippen LogP contribution in [0.25, 0.3) is 0 Å². The van der Waals surface area contributed by atoms with E-state index in [1.165, 1.54) is 11.6 Å². The number of aryl methyl sites for hydroxylation is 1. The lowest BCUT2D eigenvalue weighted by molar-refractivity contribution is 0.0689. The van der Waals surface area contributed by atoms with Crippen molar-refractivity contribution in [2.24, 2.45) is 0 Å². The maximum atomic E-state index is 10.6. The van der Waals surface area contributed by atoms with Crippen LogP contribution < -0.4 is 5.32 Å². The van der Waals surface area contributed by atoms with Crippen molar-refractivity contribution >= 4 is 17.5 Å². The predicted molar refractivity (Wildman–Crippen MR) is 68.1 cm³/mol. The normalized spacial score (nSPS) is 10.1. The number of carboxylic acid groups (broad SMARTS) is 1. The Kier molecular flexibility index (Phi) is 3.52. The molecule has 0 spiro atoms. The molecule has 0 saturated carbocycles. The number of carbonyl (C=O) groups is 1. The summed E-state index contributed by atoms with van der Waals surface area (Å²) in [4.78, 5) is 10.6. The van der Waals surface area contributed by atoms with E-state index in [0.29, 0.717) is 5.82 Å². The van der Waals surface area contributed by atoms with Crippen molar-refractivity contribution < 1.29 is 9.90 Å². The second-order valence-corrected chi connectivity index (χ2v) is 3.74. The first-order chi connectivity index (χ1) is 8.70. The van der Waals surface area contributed by atoms with E-state index in [0.717, 1.165) is 12.1 Å². The molecule has 1 aromatic carbocycles. The van der Waals surface area contributed by atoms with Gasteiger partial charge in [0.1, 0.15) is 0 Å². The minimum Gasteiger partial charge on any atom is -0.476 e. The lowest BCUT2D eigenvalue weighted by Gasteiger charge is -2.09. The van der Waals surface area contributed by atoms with Crippen molar-refractivity contribution in [3.63, 3.8) is 0 Å². The Bertz CT molecular complexity index is 552. The van der Waals surface area contributed by atoms with Crippen molar-refractivity contribution in [1.29, 1.82) is 0 Å². The van der Waals surface area contributed by atoms with Crippen LogP contribution >= 0.6 is 0 Å². The van der Waals surface area contributed by atoms with Crippen LogP contribution in [0.15, 0.2) is 36.4 Å². The summed E-state index contributed by atoms with van der Waals surface area (Å²) in [5.41, 5.74) is 2.06. The lowest BCUT2D eigenvalue weighted by Crippen LogP contribution is -2.04. The Balaban J connectivity index is 2.21. The molecule has 0 fully saturated rings. The summed E-state index contributed by atoms with van der Waals surface area (Å²) in [5, 5.41) is 19.3. The van der Waals surface area contributed by atoms with Crippen molar-refractivity contribution in [2.75, 3.05) is 5.32 Å². The highest BCUT2D eigenvalue weighted by Crippen LogP contribution is 2.19. The lowest BCUT2D eigenvalue weighted by atomic mass is 10.1. The van der Waals surface area contributed by atoms with Gasteiger partial charge in [-0.25, -0.2) is 4.79 Å². The van der Waals surface area contributed by atoms with E-state index in [9.17, 15) is 4.79 Å². The Labute approximate surface area is 104 Å². The van der Waals surface area contributed by atoms with Crippen molar-refractivity contribution in [1.82, 2.24) is 10.2 Å². The number of aromatic carboxylic acids is 1. The minimum absolute atomic E-state index is 0.0654. The molecule has 92 valence electrons. The second kappa shape index (κ2) is 5.27. The number of hydrogen-bond donors (Lipinski definition) is 2. The van der Waals surface area contributed by atoms with Crippen LogP contribution in [0.2, 0.25) is 0 Å². The quantitative estimate of drug-likeness (QED) is 0.862. The molecule has 0 unspecified atom stereocenters. The molecule has 0 saturated heterocycles. The minimum atomic E-state index is -1.08. The topological polar surface area (TPSA) is 75.1 Å². The number of nitrogens with one attached hydrogen (secondary N) is 1. The molecule has 2 aromatic rings. The number of anilines is 2. The van der Waals surface area contributed by atoms with E-state index in [2.05, 4.69) is 22.4 Å². The third-order valence-electron chi connectivity index (χ3n) is 2.54. The second-order valence-electron chi connectivity index (χ2n) is 3.74. The van der Waals surface area contributed by atoms with Crippen LogP contribution in [0.4, 0.5) is 11.5 Å². The molecule has 1 aromatic heterocycles. The van der Waals surface area contributed by atoms with Gasteiger partial charge < -0.3 is 10.4 Å². The molecule has 0 radical (unpaired) electrons. The summed E-state index contributed by atoms with van der Waals surface area (Å²) < 4.78 is 0. The first-order valence-corrected chi connectivity index (χ1v) is 5.62. The van der Waals surface area contributed by atoms with Gasteiger partial charge in [-0.3, -0.25) is 0 Å². The number of benzene rings is 1. The van der Waals surface area contributed by atoms with Gasteiger partial charge in [0.25, 0.3) is 0 Å². The van der Waals surface area contributed by atoms with Crippen molar-refractivity contribution in [2.45, 2.75) is 13.3 Å². The molecule has 1 heterocycles. The Morgan fingerprint density at radius 2 is 2.00 bits per heavy atom. The van der Waals surface area contributed by atoms with Crippen LogP contribution in [0.1, 0.15) is 23.0 Å². The number of aromatic nitrogens is 2. The predicted octanol–water partition coefficient (Wildman–Crippen LogP) is 2.48. The van der Waals surface area contributed by atoms with E-state index in [1.807, 2.05) is 24.3 Å². The highest BCUT2D eigenvalue weighted by molar-refractivity contribution is 5.85. The molecule has 2 rings (SSSR count). The van der Waals surface area contributed by atoms with E-state index >= 15 is 0 Å². The van der Waals surface area contributed by atoms with E-state index in [1.54, 1.807) is 6.07 Å².